The van der Waals surface area contributed by atoms with Crippen LogP contribution in [0.15, 0.2) is 54.7 Å². The summed E-state index contributed by atoms with van der Waals surface area (Å²) in [6.07, 6.45) is 2.28. The minimum Gasteiger partial charge on any atom is -0.486 e. The van der Waals surface area contributed by atoms with E-state index < -0.39 is 5.97 Å². The predicted octanol–water partition coefficient (Wildman–Crippen LogP) is 3.81. The van der Waals surface area contributed by atoms with Gasteiger partial charge in [-0.25, -0.2) is 4.98 Å². The van der Waals surface area contributed by atoms with Gasteiger partial charge in [-0.15, -0.1) is 5.10 Å². The maximum Gasteiger partial charge on any atom is 0.303 e. The van der Waals surface area contributed by atoms with Gasteiger partial charge in [0, 0.05) is 25.2 Å². The second-order valence-electron chi connectivity index (χ2n) is 7.49. The molecule has 0 aliphatic rings. The van der Waals surface area contributed by atoms with E-state index in [0.29, 0.717) is 32.1 Å². The van der Waals surface area contributed by atoms with Crippen LogP contribution in [0.25, 0.3) is 11.0 Å². The van der Waals surface area contributed by atoms with E-state index >= 15 is 0 Å². The normalized spacial score (nSPS) is 11.1. The first-order valence-corrected chi connectivity index (χ1v) is 10.6. The van der Waals surface area contributed by atoms with Crippen LogP contribution in [0.3, 0.4) is 0 Å². The molecule has 0 bridgehead atoms. The van der Waals surface area contributed by atoms with Gasteiger partial charge >= 0.3 is 5.97 Å². The number of fused-ring (bicyclic) bond motifs is 1. The SMILES string of the molecule is CCOc1nn(Cc2ccc(OCc3nc4ccccc4n3C)cc2)cc1CCC(=O)O. The Balaban J connectivity index is 1.39. The van der Waals surface area contributed by atoms with Crippen LogP contribution < -0.4 is 9.47 Å². The highest BCUT2D eigenvalue weighted by Gasteiger charge is 2.12. The van der Waals surface area contributed by atoms with Crippen LogP contribution in [-0.2, 0) is 31.4 Å². The zero-order chi connectivity index (χ0) is 22.5. The fourth-order valence-corrected chi connectivity index (χ4v) is 3.55. The Morgan fingerprint density at radius 2 is 1.88 bits per heavy atom. The zero-order valence-electron chi connectivity index (χ0n) is 18.2. The molecule has 8 heteroatoms. The van der Waals surface area contributed by atoms with Crippen molar-refractivity contribution in [3.63, 3.8) is 0 Å². The third-order valence-corrected chi connectivity index (χ3v) is 5.20. The number of benzene rings is 2. The number of aromatic nitrogens is 4. The zero-order valence-corrected chi connectivity index (χ0v) is 18.2. The molecule has 4 rings (SSSR count). The molecule has 0 radical (unpaired) electrons. The number of para-hydroxylation sites is 2. The Morgan fingerprint density at radius 1 is 1.09 bits per heavy atom. The fraction of sp³-hybridized carbons (Fsp3) is 0.292. The van der Waals surface area contributed by atoms with E-state index in [4.69, 9.17) is 14.6 Å². The Hall–Kier alpha value is -3.81. The van der Waals surface area contributed by atoms with E-state index in [2.05, 4.69) is 10.1 Å². The second kappa shape index (κ2) is 9.55. The molecule has 0 atom stereocenters. The van der Waals surface area contributed by atoms with Crippen molar-refractivity contribution in [2.24, 2.45) is 7.05 Å². The van der Waals surface area contributed by atoms with Crippen molar-refractivity contribution in [2.45, 2.75) is 32.9 Å². The maximum absolute atomic E-state index is 10.9. The van der Waals surface area contributed by atoms with Gasteiger partial charge in [-0.1, -0.05) is 24.3 Å². The number of nitrogens with zero attached hydrogens (tertiary/aromatic N) is 4. The Labute approximate surface area is 186 Å². The number of ether oxygens (including phenoxy) is 2. The fourth-order valence-electron chi connectivity index (χ4n) is 3.55. The van der Waals surface area contributed by atoms with E-state index in [1.54, 1.807) is 4.68 Å². The molecule has 0 aliphatic heterocycles. The van der Waals surface area contributed by atoms with E-state index in [-0.39, 0.29) is 6.42 Å². The molecule has 0 spiro atoms. The molecular weight excluding hydrogens is 408 g/mol. The number of hydrogen-bond donors (Lipinski definition) is 1. The number of carboxylic acids is 1. The van der Waals surface area contributed by atoms with Crippen LogP contribution in [0.5, 0.6) is 11.6 Å². The van der Waals surface area contributed by atoms with Crippen molar-refractivity contribution in [1.29, 1.82) is 0 Å². The average molecular weight is 434 g/mol. The lowest BCUT2D eigenvalue weighted by Gasteiger charge is -2.08. The summed E-state index contributed by atoms with van der Waals surface area (Å²) in [7, 11) is 1.99. The molecule has 2 aromatic carbocycles. The monoisotopic (exact) mass is 434 g/mol. The summed E-state index contributed by atoms with van der Waals surface area (Å²) in [6.45, 7) is 3.30. The first-order chi connectivity index (χ1) is 15.5. The molecule has 0 unspecified atom stereocenters. The third kappa shape index (κ3) is 4.91. The van der Waals surface area contributed by atoms with E-state index in [1.165, 1.54) is 0 Å². The molecule has 32 heavy (non-hydrogen) atoms. The molecule has 0 aliphatic carbocycles. The summed E-state index contributed by atoms with van der Waals surface area (Å²) >= 11 is 0. The number of aryl methyl sites for hydroxylation is 2. The van der Waals surface area contributed by atoms with Crippen LogP contribution in [0, 0.1) is 0 Å². The molecule has 2 heterocycles. The van der Waals surface area contributed by atoms with Crippen LogP contribution in [-0.4, -0.2) is 37.0 Å². The second-order valence-corrected chi connectivity index (χ2v) is 7.49. The molecule has 0 saturated heterocycles. The number of aliphatic carboxylic acids is 1. The number of imidazole rings is 1. The van der Waals surface area contributed by atoms with Crippen LogP contribution >= 0.6 is 0 Å². The summed E-state index contributed by atoms with van der Waals surface area (Å²) in [5.74, 6) is 1.29. The highest BCUT2D eigenvalue weighted by atomic mass is 16.5. The van der Waals surface area contributed by atoms with Crippen molar-refractivity contribution < 1.29 is 19.4 Å². The maximum atomic E-state index is 10.9. The first-order valence-electron chi connectivity index (χ1n) is 10.6. The van der Waals surface area contributed by atoms with Gasteiger partial charge in [0.05, 0.1) is 24.2 Å². The van der Waals surface area contributed by atoms with Gasteiger partial charge in [-0.05, 0) is 43.2 Å². The van der Waals surface area contributed by atoms with Gasteiger partial charge in [-0.2, -0.15) is 0 Å². The molecule has 166 valence electrons. The smallest absolute Gasteiger partial charge is 0.303 e. The van der Waals surface area contributed by atoms with Gasteiger partial charge in [0.15, 0.2) is 0 Å². The molecule has 1 N–H and O–H groups in total. The summed E-state index contributed by atoms with van der Waals surface area (Å²) < 4.78 is 15.3. The number of hydrogen-bond acceptors (Lipinski definition) is 5. The summed E-state index contributed by atoms with van der Waals surface area (Å²) in [5, 5.41) is 13.4. The van der Waals surface area contributed by atoms with Crippen molar-refractivity contribution in [1.82, 2.24) is 19.3 Å². The Bertz CT molecular complexity index is 1210. The minimum atomic E-state index is -0.838. The van der Waals surface area contributed by atoms with Crippen molar-refractivity contribution >= 4 is 17.0 Å². The van der Waals surface area contributed by atoms with Gasteiger partial charge in [0.1, 0.15) is 18.2 Å². The van der Waals surface area contributed by atoms with Crippen molar-refractivity contribution in [2.75, 3.05) is 6.61 Å². The highest BCUT2D eigenvalue weighted by Crippen LogP contribution is 2.21. The number of carboxylic acid groups (broad SMARTS) is 1. The Morgan fingerprint density at radius 3 is 2.59 bits per heavy atom. The third-order valence-electron chi connectivity index (χ3n) is 5.20. The molecule has 0 saturated carbocycles. The number of rotatable bonds is 10. The summed E-state index contributed by atoms with van der Waals surface area (Å²) in [4.78, 5) is 15.5. The standard InChI is InChI=1S/C24H26N4O4/c1-3-31-24-18(10-13-23(29)30)15-28(26-24)14-17-8-11-19(12-9-17)32-16-22-25-20-6-4-5-7-21(20)27(22)2/h4-9,11-12,15H,3,10,13-14,16H2,1-2H3,(H,29,30). The van der Waals surface area contributed by atoms with Gasteiger partial charge in [0.2, 0.25) is 5.88 Å². The Kier molecular flexibility index (Phi) is 6.39. The first kappa shape index (κ1) is 21.4. The molecule has 0 fully saturated rings. The lowest BCUT2D eigenvalue weighted by molar-refractivity contribution is -0.136. The topological polar surface area (TPSA) is 91.4 Å². The largest absolute Gasteiger partial charge is 0.486 e. The average Bonchev–Trinajstić information content (AvgIpc) is 3.32. The predicted molar refractivity (Wildman–Crippen MR) is 120 cm³/mol. The van der Waals surface area contributed by atoms with Crippen LogP contribution in [0.1, 0.15) is 30.3 Å². The van der Waals surface area contributed by atoms with Gasteiger partial charge in [0.25, 0.3) is 0 Å². The van der Waals surface area contributed by atoms with Crippen LogP contribution in [0.4, 0.5) is 0 Å². The quantitative estimate of drug-likeness (QED) is 0.408. The minimum absolute atomic E-state index is 0.0450. The van der Waals surface area contributed by atoms with E-state index in [9.17, 15) is 4.79 Å². The molecule has 0 amide bonds. The summed E-state index contributed by atoms with van der Waals surface area (Å²) in [5.41, 5.74) is 3.89. The number of carbonyl (C=O) groups is 1. The van der Waals surface area contributed by atoms with Crippen LogP contribution in [0.2, 0.25) is 0 Å². The van der Waals surface area contributed by atoms with E-state index in [0.717, 1.165) is 33.7 Å². The summed E-state index contributed by atoms with van der Waals surface area (Å²) in [6, 6.07) is 15.8. The molecule has 4 aromatic rings. The lowest BCUT2D eigenvalue weighted by Crippen LogP contribution is -2.04. The molecule has 2 aromatic heterocycles. The lowest BCUT2D eigenvalue weighted by atomic mass is 10.2. The van der Waals surface area contributed by atoms with Crippen molar-refractivity contribution in [3.05, 3.63) is 71.7 Å². The molecule has 8 nitrogen and oxygen atoms in total. The van der Waals surface area contributed by atoms with Gasteiger partial charge in [-0.3, -0.25) is 9.48 Å². The highest BCUT2D eigenvalue weighted by molar-refractivity contribution is 5.75. The van der Waals surface area contributed by atoms with Crippen molar-refractivity contribution in [3.8, 4) is 11.6 Å². The molecular formula is C24H26N4O4. The van der Waals surface area contributed by atoms with Gasteiger partial charge < -0.3 is 19.1 Å². The van der Waals surface area contributed by atoms with E-state index in [1.807, 2.05) is 73.3 Å².